The van der Waals surface area contributed by atoms with Crippen molar-refractivity contribution >= 4 is 313 Å². The molecule has 0 radical (unpaired) electrons. The van der Waals surface area contributed by atoms with Crippen LogP contribution in [0.2, 0.25) is 14.4 Å². The van der Waals surface area contributed by atoms with Crippen LogP contribution < -0.4 is 0 Å². The Labute approximate surface area is 895 Å². The van der Waals surface area contributed by atoms with Gasteiger partial charge in [-0.15, -0.1) is 170 Å². The number of thiophene rings is 15. The summed E-state index contributed by atoms with van der Waals surface area (Å²) in [6.07, 6.45) is 11.0. The smallest absolute Gasteiger partial charge is 0.173 e. The molecule has 0 fully saturated rings. The average Bonchev–Trinajstić information content (AvgIpc) is 1.72. The van der Waals surface area contributed by atoms with Crippen LogP contribution >= 0.6 is 221 Å². The maximum absolute atomic E-state index is 12.0. The molecule has 0 unspecified atom stereocenters. The zero-order valence-electron chi connectivity index (χ0n) is 77.0. The molecule has 16 nitrogen and oxygen atoms in total. The van der Waals surface area contributed by atoms with Crippen LogP contribution in [0, 0.1) is 55.4 Å². The fraction of sp³-hybridized carbons (Fsp3) is 0.238. The molecule has 0 atom stereocenters. The number of Topliss-reactive ketones (excluding diaryl/α,β-unsaturated/α-hetero) is 16. The van der Waals surface area contributed by atoms with Crippen molar-refractivity contribution in [3.63, 3.8) is 0 Å². The van der Waals surface area contributed by atoms with Crippen molar-refractivity contribution < 1.29 is 76.7 Å². The Morgan fingerprint density at radius 1 is 0.264 bits per heavy atom. The number of allylic oxidation sites excluding steroid dienone is 4. The summed E-state index contributed by atoms with van der Waals surface area (Å²) in [7, 11) is 0. The van der Waals surface area contributed by atoms with Crippen LogP contribution in [0.5, 0.6) is 0 Å². The van der Waals surface area contributed by atoms with Gasteiger partial charge in [-0.05, 0) is 264 Å². The quantitative estimate of drug-likeness (QED) is 0.0323. The third-order valence-corrected chi connectivity index (χ3v) is 37.0. The maximum atomic E-state index is 12.0. The topological polar surface area (TPSA) is 273 Å². The molecule has 15 heterocycles. The van der Waals surface area contributed by atoms with Crippen LogP contribution in [-0.2, 0) is 4.79 Å². The van der Waals surface area contributed by atoms with E-state index in [0.29, 0.717) is 106 Å². The van der Waals surface area contributed by atoms with Crippen LogP contribution in [0.25, 0.3) is 0 Å². The van der Waals surface area contributed by atoms with E-state index in [-0.39, 0.29) is 118 Å². The SMILES string of the molecule is Cc1ccc(C(=O)CCC(=O)c2ccc(Br)s2)s1.Cc1ccc(C(=O)CCC(=O)c2cccs2)s1.Cc1ccc(C(=O)CCC(=O)c2cccs2)s1.Cc1ccsc1C(=O)CCC(=O)c1cccs1.Cc1csc(C(=O)CCC(=O)c2cc(C)cs2)c1.Cc1csc(C(=O)CCC(=O)c2cccs2)c1.Cc1sc(C(=O)CCC(=O)c2cc(Cl)c(Cl)s2)cc1Cl.O=C(CCC(=O)c1cccs1)C1=CCC=C1. The van der Waals surface area contributed by atoms with Crippen LogP contribution in [-0.4, -0.2) is 92.5 Å². The van der Waals surface area contributed by atoms with Crippen LogP contribution in [0.1, 0.15) is 296 Å². The van der Waals surface area contributed by atoms with Gasteiger partial charge in [0.15, 0.2) is 92.5 Å². The van der Waals surface area contributed by atoms with E-state index < -0.39 is 0 Å². The zero-order valence-corrected chi connectivity index (χ0v) is 93.1. The lowest BCUT2D eigenvalue weighted by atomic mass is 10.1. The number of hydrogen-bond donors (Lipinski definition) is 0. The first-order chi connectivity index (χ1) is 66.9. The van der Waals surface area contributed by atoms with E-state index in [1.165, 1.54) is 165 Å². The summed E-state index contributed by atoms with van der Waals surface area (Å²) in [6, 6.07) is 43.9. The van der Waals surface area contributed by atoms with Crippen molar-refractivity contribution in [2.75, 3.05) is 0 Å². The van der Waals surface area contributed by atoms with E-state index in [4.69, 9.17) is 34.8 Å². The van der Waals surface area contributed by atoms with Crippen molar-refractivity contribution in [2.45, 2.75) is 165 Å². The second kappa shape index (κ2) is 59.3. The predicted octanol–water partition coefficient (Wildman–Crippen LogP) is 33.9. The monoisotopic (exact) mass is 2270 g/mol. The standard InChI is InChI=1S/C14H14O2S2.C13H11BrO2S2.C13H9Cl3O2S2.4C13H12O2S2.C13H12O2S/c1-9-5-13(17-7-9)11(15)3-4-12(16)14-6-10(2)8-18-14;1-8-2-5-11(17-8)9(15)3-4-10(16)12-6-7-13(14)18-12;1-6-7(14)4-11(19-6)9(17)2-3-10(18)12-5-8(15)13(16)20-12;2*1-9-4-7-13(17-9)11(15)6-5-10(14)12-3-2-8-16-12;1-9-6-8-17-13(9)11(15)5-4-10(14)12-3-2-7-16-12;1-9-7-13(17-8-9)11(15)5-4-10(14)12-3-2-6-16-12;14-11(10-4-1-2-5-10)7-8-12(15)13-6-3-9-16-13/h5-8H,3-4H2,1-2H3;2,5-7H,3-4H2,1H3;4-5H,2-3H2,1H3;2*2-4,7-8H,5-6H2,1H3;2*2-3,6-8H,4-5H2,1H3;1,3-6,9H,2,7-8H2. The number of hydrogen-bond acceptors (Lipinski definition) is 31. The first-order valence-electron chi connectivity index (χ1n) is 43.4. The molecule has 0 amide bonds. The van der Waals surface area contributed by atoms with Gasteiger partial charge in [-0.3, -0.25) is 76.7 Å². The summed E-state index contributed by atoms with van der Waals surface area (Å²) in [5.41, 5.74) is 5.05. The van der Waals surface area contributed by atoms with E-state index in [1.807, 2.05) is 219 Å². The van der Waals surface area contributed by atoms with Gasteiger partial charge in [-0.2, -0.15) is 0 Å². The Balaban J connectivity index is 0.000000179. The summed E-state index contributed by atoms with van der Waals surface area (Å²) in [5.74, 6) is 0.630. The van der Waals surface area contributed by atoms with Gasteiger partial charge in [0.25, 0.3) is 0 Å². The minimum atomic E-state index is -0.128. The fourth-order valence-electron chi connectivity index (χ4n) is 12.3. The molecule has 0 spiro atoms. The highest BCUT2D eigenvalue weighted by atomic mass is 79.9. The molecule has 140 heavy (non-hydrogen) atoms. The van der Waals surface area contributed by atoms with E-state index in [9.17, 15) is 76.7 Å². The number of ketones is 16. The second-order valence-electron chi connectivity index (χ2n) is 30.9. The molecule has 1 aliphatic rings. The highest BCUT2D eigenvalue weighted by Crippen LogP contribution is 2.35. The molecule has 0 saturated carbocycles. The highest BCUT2D eigenvalue weighted by Gasteiger charge is 2.23. The van der Waals surface area contributed by atoms with E-state index in [1.54, 1.807) is 42.5 Å². The summed E-state index contributed by atoms with van der Waals surface area (Å²) in [6.45, 7) is 15.6. The molecule has 0 bridgehead atoms. The summed E-state index contributed by atoms with van der Waals surface area (Å²) in [5, 5.41) is 18.1. The number of carbonyl (C=O) groups excluding carboxylic acids is 16. The predicted molar refractivity (Wildman–Crippen MR) is 591 cm³/mol. The molecular weight excluding hydrogens is 2180 g/mol. The Morgan fingerprint density at radius 2 is 0.550 bits per heavy atom. The number of aryl methyl sites for hydroxylation is 8. The van der Waals surface area contributed by atoms with Gasteiger partial charge in [0.1, 0.15) is 4.34 Å². The van der Waals surface area contributed by atoms with Crippen molar-refractivity contribution in [3.8, 4) is 0 Å². The number of carbonyl (C=O) groups is 16. The van der Waals surface area contributed by atoms with Crippen molar-refractivity contribution in [2.24, 2.45) is 0 Å². The minimum absolute atomic E-state index is 0.0346. The minimum Gasteiger partial charge on any atom is -0.294 e. The van der Waals surface area contributed by atoms with Gasteiger partial charge in [0, 0.05) is 128 Å². The van der Waals surface area contributed by atoms with Crippen LogP contribution in [0.4, 0.5) is 0 Å². The molecular formula is C105H94BrCl3O16S15. The van der Waals surface area contributed by atoms with Gasteiger partial charge < -0.3 is 0 Å². The first-order valence-corrected chi connectivity index (χ1v) is 58.1. The van der Waals surface area contributed by atoms with Crippen molar-refractivity contribution in [1.29, 1.82) is 0 Å². The Morgan fingerprint density at radius 3 is 0.786 bits per heavy atom. The Hall–Kier alpha value is -8.95. The number of halogens is 4. The Kier molecular flexibility index (Phi) is 48.6. The molecule has 35 heteroatoms. The average molecular weight is 2280 g/mol. The molecule has 0 aromatic carbocycles. The molecule has 15 aromatic rings. The molecule has 0 aliphatic heterocycles. The normalized spacial score (nSPS) is 10.9. The largest absolute Gasteiger partial charge is 0.294 e. The highest BCUT2D eigenvalue weighted by molar-refractivity contribution is 9.11. The Bertz CT molecular complexity index is 6270. The lowest BCUT2D eigenvalue weighted by molar-refractivity contribution is -0.115. The zero-order chi connectivity index (χ0) is 101. The lowest BCUT2D eigenvalue weighted by Crippen LogP contribution is -2.04. The first kappa shape index (κ1) is 115. The lowest BCUT2D eigenvalue weighted by Gasteiger charge is -1.98. The van der Waals surface area contributed by atoms with Crippen molar-refractivity contribution in [1.82, 2.24) is 0 Å². The molecule has 1 aliphatic carbocycles. The molecule has 0 saturated heterocycles. The van der Waals surface area contributed by atoms with Crippen LogP contribution in [0.15, 0.2) is 222 Å². The second-order valence-corrected chi connectivity index (χ2v) is 49.4. The van der Waals surface area contributed by atoms with E-state index >= 15 is 0 Å². The van der Waals surface area contributed by atoms with E-state index in [2.05, 4.69) is 15.9 Å². The van der Waals surface area contributed by atoms with Gasteiger partial charge in [0.2, 0.25) is 0 Å². The van der Waals surface area contributed by atoms with Crippen molar-refractivity contribution in [3.05, 3.63) is 351 Å². The van der Waals surface area contributed by atoms with Gasteiger partial charge in [-0.25, -0.2) is 0 Å². The maximum Gasteiger partial charge on any atom is 0.173 e. The summed E-state index contributed by atoms with van der Waals surface area (Å²) in [4.78, 5) is 204. The third kappa shape index (κ3) is 38.6. The van der Waals surface area contributed by atoms with Gasteiger partial charge in [-0.1, -0.05) is 83.4 Å². The third-order valence-electron chi connectivity index (χ3n) is 19.8. The van der Waals surface area contributed by atoms with Crippen LogP contribution in [0.3, 0.4) is 0 Å². The molecule has 0 N–H and O–H groups in total. The van der Waals surface area contributed by atoms with Gasteiger partial charge >= 0.3 is 0 Å². The summed E-state index contributed by atoms with van der Waals surface area (Å²) < 4.78 is 1.33. The molecule has 15 aromatic heterocycles. The molecule has 16 rings (SSSR count). The summed E-state index contributed by atoms with van der Waals surface area (Å²) >= 11 is 42.1. The van der Waals surface area contributed by atoms with E-state index in [0.717, 1.165) is 127 Å². The van der Waals surface area contributed by atoms with Gasteiger partial charge in [0.05, 0.1) is 87.0 Å². The molecule has 728 valence electrons. The number of rotatable bonds is 40. The fourth-order valence-corrected chi connectivity index (χ4v) is 25.7.